The number of nitrogens with zero attached hydrogens (tertiary/aromatic N) is 4. The van der Waals surface area contributed by atoms with E-state index in [-0.39, 0.29) is 0 Å². The standard InChI is InChI=1S/C12H17N5/c1-3-17-9(2)10(6-15-17)11-7-14-12-8-13-4-5-16(11)12/h6-7,13H,3-5,8H2,1-2H3. The molecule has 5 nitrogen and oxygen atoms in total. The van der Waals surface area contributed by atoms with E-state index in [1.54, 1.807) is 0 Å². The summed E-state index contributed by atoms with van der Waals surface area (Å²) in [5.41, 5.74) is 3.61. The minimum atomic E-state index is 0.862. The van der Waals surface area contributed by atoms with Gasteiger partial charge < -0.3 is 9.88 Å². The van der Waals surface area contributed by atoms with E-state index in [9.17, 15) is 0 Å². The highest BCUT2D eigenvalue weighted by molar-refractivity contribution is 5.61. The monoisotopic (exact) mass is 231 g/mol. The molecule has 3 rings (SSSR count). The fraction of sp³-hybridized carbons (Fsp3) is 0.500. The molecule has 0 atom stereocenters. The molecule has 17 heavy (non-hydrogen) atoms. The molecule has 1 aliphatic heterocycles. The largest absolute Gasteiger partial charge is 0.326 e. The number of fused-ring (bicyclic) bond motifs is 1. The van der Waals surface area contributed by atoms with Crippen molar-refractivity contribution in [2.45, 2.75) is 33.5 Å². The average Bonchev–Trinajstić information content (AvgIpc) is 2.92. The van der Waals surface area contributed by atoms with Crippen molar-refractivity contribution >= 4 is 0 Å². The molecule has 0 saturated heterocycles. The van der Waals surface area contributed by atoms with Gasteiger partial charge in [-0.3, -0.25) is 4.68 Å². The van der Waals surface area contributed by atoms with Crippen molar-refractivity contribution in [2.75, 3.05) is 6.54 Å². The molecule has 0 bridgehead atoms. The van der Waals surface area contributed by atoms with Crippen molar-refractivity contribution < 1.29 is 0 Å². The number of aryl methyl sites for hydroxylation is 1. The molecular formula is C12H17N5. The normalized spacial score (nSPS) is 14.9. The molecule has 0 spiro atoms. The number of hydrogen-bond donors (Lipinski definition) is 1. The molecule has 5 heteroatoms. The molecule has 0 aromatic carbocycles. The van der Waals surface area contributed by atoms with Crippen LogP contribution in [-0.2, 0) is 19.6 Å². The van der Waals surface area contributed by atoms with Crippen molar-refractivity contribution in [1.82, 2.24) is 24.6 Å². The molecule has 0 unspecified atom stereocenters. The Kier molecular flexibility index (Phi) is 2.48. The summed E-state index contributed by atoms with van der Waals surface area (Å²) in [6.07, 6.45) is 3.91. The van der Waals surface area contributed by atoms with Crippen LogP contribution < -0.4 is 5.32 Å². The third-order valence-electron chi connectivity index (χ3n) is 3.41. The molecular weight excluding hydrogens is 214 g/mol. The van der Waals surface area contributed by atoms with Gasteiger partial charge in [0.25, 0.3) is 0 Å². The van der Waals surface area contributed by atoms with Crippen molar-refractivity contribution in [3.05, 3.63) is 23.9 Å². The minimum Gasteiger partial charge on any atom is -0.326 e. The van der Waals surface area contributed by atoms with Gasteiger partial charge in [-0.1, -0.05) is 0 Å². The number of nitrogens with one attached hydrogen (secondary N) is 1. The first kappa shape index (κ1) is 10.5. The van der Waals surface area contributed by atoms with E-state index in [2.05, 4.69) is 33.8 Å². The van der Waals surface area contributed by atoms with Crippen LogP contribution in [0.1, 0.15) is 18.4 Å². The molecule has 2 aromatic heterocycles. The summed E-state index contributed by atoms with van der Waals surface area (Å²) in [6, 6.07) is 0. The molecule has 90 valence electrons. The van der Waals surface area contributed by atoms with Gasteiger partial charge in [0.05, 0.1) is 24.6 Å². The third-order valence-corrected chi connectivity index (χ3v) is 3.41. The van der Waals surface area contributed by atoms with Gasteiger partial charge in [-0.15, -0.1) is 0 Å². The van der Waals surface area contributed by atoms with E-state index in [4.69, 9.17) is 0 Å². The fourth-order valence-electron chi connectivity index (χ4n) is 2.43. The zero-order valence-electron chi connectivity index (χ0n) is 10.3. The molecule has 2 aromatic rings. The van der Waals surface area contributed by atoms with E-state index >= 15 is 0 Å². The van der Waals surface area contributed by atoms with Gasteiger partial charge in [0.15, 0.2) is 0 Å². The van der Waals surface area contributed by atoms with E-state index in [0.29, 0.717) is 0 Å². The van der Waals surface area contributed by atoms with Crippen molar-refractivity contribution in [3.8, 4) is 11.3 Å². The first-order valence-electron chi connectivity index (χ1n) is 6.09. The van der Waals surface area contributed by atoms with Crippen LogP contribution in [0.2, 0.25) is 0 Å². The first-order valence-corrected chi connectivity index (χ1v) is 6.09. The summed E-state index contributed by atoms with van der Waals surface area (Å²) in [6.45, 7) is 8.00. The summed E-state index contributed by atoms with van der Waals surface area (Å²) < 4.78 is 4.32. The summed E-state index contributed by atoms with van der Waals surface area (Å²) in [7, 11) is 0. The average molecular weight is 231 g/mol. The summed E-state index contributed by atoms with van der Waals surface area (Å²) in [5.74, 6) is 1.12. The highest BCUT2D eigenvalue weighted by Gasteiger charge is 2.17. The molecule has 0 amide bonds. The van der Waals surface area contributed by atoms with E-state index in [0.717, 1.165) is 32.0 Å². The van der Waals surface area contributed by atoms with Crippen LogP contribution >= 0.6 is 0 Å². The Labute approximate surface area is 100 Å². The van der Waals surface area contributed by atoms with Gasteiger partial charge >= 0.3 is 0 Å². The number of hydrogen-bond acceptors (Lipinski definition) is 3. The van der Waals surface area contributed by atoms with Crippen molar-refractivity contribution in [3.63, 3.8) is 0 Å². The zero-order valence-corrected chi connectivity index (χ0v) is 10.3. The lowest BCUT2D eigenvalue weighted by atomic mass is 10.2. The van der Waals surface area contributed by atoms with Gasteiger partial charge in [-0.05, 0) is 13.8 Å². The lowest BCUT2D eigenvalue weighted by Crippen LogP contribution is -2.28. The molecule has 0 aliphatic carbocycles. The Balaban J connectivity index is 2.09. The van der Waals surface area contributed by atoms with Crippen LogP contribution in [0.5, 0.6) is 0 Å². The Hall–Kier alpha value is -1.62. The molecule has 0 saturated carbocycles. The minimum absolute atomic E-state index is 0.862. The summed E-state index contributed by atoms with van der Waals surface area (Å²) in [5, 5.41) is 7.73. The quantitative estimate of drug-likeness (QED) is 0.844. The highest BCUT2D eigenvalue weighted by atomic mass is 15.3. The molecule has 1 N–H and O–H groups in total. The fourth-order valence-corrected chi connectivity index (χ4v) is 2.43. The number of imidazole rings is 1. The highest BCUT2D eigenvalue weighted by Crippen LogP contribution is 2.25. The van der Waals surface area contributed by atoms with Crippen LogP contribution in [0.15, 0.2) is 12.4 Å². The Morgan fingerprint density at radius 3 is 3.06 bits per heavy atom. The van der Waals surface area contributed by atoms with Crippen LogP contribution in [0.3, 0.4) is 0 Å². The smallest absolute Gasteiger partial charge is 0.123 e. The molecule has 0 radical (unpaired) electrons. The second-order valence-corrected chi connectivity index (χ2v) is 4.35. The van der Waals surface area contributed by atoms with Gasteiger partial charge in [0, 0.05) is 30.9 Å². The maximum atomic E-state index is 4.47. The van der Waals surface area contributed by atoms with E-state index < -0.39 is 0 Å². The third kappa shape index (κ3) is 1.58. The van der Waals surface area contributed by atoms with Crippen LogP contribution in [0, 0.1) is 6.92 Å². The molecule has 3 heterocycles. The predicted molar refractivity (Wildman–Crippen MR) is 65.6 cm³/mol. The second kappa shape index (κ2) is 4.00. The van der Waals surface area contributed by atoms with Gasteiger partial charge in [-0.2, -0.15) is 5.10 Å². The lowest BCUT2D eigenvalue weighted by Gasteiger charge is -2.17. The van der Waals surface area contributed by atoms with E-state index in [1.165, 1.54) is 17.0 Å². The van der Waals surface area contributed by atoms with Crippen LogP contribution in [-0.4, -0.2) is 25.9 Å². The van der Waals surface area contributed by atoms with Crippen molar-refractivity contribution in [1.29, 1.82) is 0 Å². The van der Waals surface area contributed by atoms with Crippen LogP contribution in [0.25, 0.3) is 11.3 Å². The number of aromatic nitrogens is 4. The Morgan fingerprint density at radius 2 is 2.29 bits per heavy atom. The summed E-state index contributed by atoms with van der Waals surface area (Å²) in [4.78, 5) is 4.47. The SMILES string of the molecule is CCn1ncc(-c2cnc3n2CCNC3)c1C. The predicted octanol–water partition coefficient (Wildman–Crippen LogP) is 1.18. The second-order valence-electron chi connectivity index (χ2n) is 4.35. The Morgan fingerprint density at radius 1 is 1.41 bits per heavy atom. The molecule has 1 aliphatic rings. The topological polar surface area (TPSA) is 47.7 Å². The first-order chi connectivity index (χ1) is 8.31. The van der Waals surface area contributed by atoms with Gasteiger partial charge in [0.1, 0.15) is 5.82 Å². The van der Waals surface area contributed by atoms with Crippen molar-refractivity contribution in [2.24, 2.45) is 0 Å². The van der Waals surface area contributed by atoms with E-state index in [1.807, 2.05) is 17.1 Å². The maximum Gasteiger partial charge on any atom is 0.123 e. The summed E-state index contributed by atoms with van der Waals surface area (Å²) >= 11 is 0. The maximum absolute atomic E-state index is 4.47. The molecule has 0 fully saturated rings. The van der Waals surface area contributed by atoms with Gasteiger partial charge in [0.2, 0.25) is 0 Å². The Bertz CT molecular complexity index is 537. The lowest BCUT2D eigenvalue weighted by molar-refractivity contribution is 0.508. The van der Waals surface area contributed by atoms with Gasteiger partial charge in [-0.25, -0.2) is 4.98 Å². The number of rotatable bonds is 2. The van der Waals surface area contributed by atoms with Crippen LogP contribution in [0.4, 0.5) is 0 Å². The zero-order chi connectivity index (χ0) is 11.8.